The van der Waals surface area contributed by atoms with Crippen LogP contribution < -0.4 is 11.5 Å². The molecular formula is C12H17ClN4O2S. The molecule has 0 aromatic carbocycles. The third-order valence-electron chi connectivity index (χ3n) is 4.35. The number of nitrogen functional groups attached to an aromatic ring is 1. The standard InChI is InChI=1S/C12H17ClN4O2S/c13-8-3-11(12(15)16-4-8)20(18,19)17-5-7-1-2-10(14)9(7)6-17/h3-4,7,9-10H,1-2,5-6,14H2,(H2,15,16). The highest BCUT2D eigenvalue weighted by Crippen LogP contribution is 2.39. The fourth-order valence-corrected chi connectivity index (χ4v) is 5.09. The minimum atomic E-state index is -3.65. The summed E-state index contributed by atoms with van der Waals surface area (Å²) in [6.45, 7) is 0.965. The van der Waals surface area contributed by atoms with E-state index in [0.29, 0.717) is 19.0 Å². The number of nitrogens with two attached hydrogens (primary N) is 2. The van der Waals surface area contributed by atoms with Crippen molar-refractivity contribution in [2.75, 3.05) is 18.8 Å². The van der Waals surface area contributed by atoms with Crippen LogP contribution in [0.1, 0.15) is 12.8 Å². The van der Waals surface area contributed by atoms with E-state index in [1.807, 2.05) is 0 Å². The van der Waals surface area contributed by atoms with Gasteiger partial charge in [-0.15, -0.1) is 0 Å². The highest BCUT2D eigenvalue weighted by Gasteiger charge is 2.45. The Hall–Kier alpha value is -0.890. The van der Waals surface area contributed by atoms with E-state index in [-0.39, 0.29) is 27.7 Å². The number of anilines is 1. The van der Waals surface area contributed by atoms with Gasteiger partial charge in [0.05, 0.1) is 5.02 Å². The molecule has 8 heteroatoms. The SMILES string of the molecule is Nc1ncc(Cl)cc1S(=O)(=O)N1CC2CCC(N)C2C1. The number of sulfonamides is 1. The maximum Gasteiger partial charge on any atom is 0.246 e. The summed E-state index contributed by atoms with van der Waals surface area (Å²) in [7, 11) is -3.65. The molecule has 3 unspecified atom stereocenters. The first-order valence-electron chi connectivity index (χ1n) is 6.56. The Morgan fingerprint density at radius 1 is 1.35 bits per heavy atom. The van der Waals surface area contributed by atoms with Gasteiger partial charge >= 0.3 is 0 Å². The Bertz CT molecular complexity index is 636. The molecule has 110 valence electrons. The van der Waals surface area contributed by atoms with Gasteiger partial charge in [-0.2, -0.15) is 4.31 Å². The van der Waals surface area contributed by atoms with Gasteiger partial charge in [-0.1, -0.05) is 11.6 Å². The number of halogens is 1. The number of pyridine rings is 1. The zero-order chi connectivity index (χ0) is 14.5. The lowest BCUT2D eigenvalue weighted by molar-refractivity contribution is 0.427. The molecule has 1 aromatic heterocycles. The molecule has 0 radical (unpaired) electrons. The van der Waals surface area contributed by atoms with Gasteiger partial charge < -0.3 is 11.5 Å². The summed E-state index contributed by atoms with van der Waals surface area (Å²) in [4.78, 5) is 3.80. The molecule has 0 spiro atoms. The van der Waals surface area contributed by atoms with Crippen LogP contribution in [0.5, 0.6) is 0 Å². The van der Waals surface area contributed by atoms with Crippen LogP contribution in [0.15, 0.2) is 17.2 Å². The van der Waals surface area contributed by atoms with E-state index >= 15 is 0 Å². The average molecular weight is 317 g/mol. The molecule has 1 aliphatic heterocycles. The molecule has 1 aromatic rings. The van der Waals surface area contributed by atoms with Crippen molar-refractivity contribution >= 4 is 27.4 Å². The number of hydrogen-bond donors (Lipinski definition) is 2. The van der Waals surface area contributed by atoms with Crippen molar-refractivity contribution in [2.45, 2.75) is 23.8 Å². The number of nitrogens with zero attached hydrogens (tertiary/aromatic N) is 2. The summed E-state index contributed by atoms with van der Waals surface area (Å²) < 4.78 is 26.8. The Balaban J connectivity index is 1.92. The minimum absolute atomic E-state index is 0.0152. The van der Waals surface area contributed by atoms with Crippen molar-refractivity contribution in [3.63, 3.8) is 0 Å². The average Bonchev–Trinajstić information content (AvgIpc) is 2.95. The lowest BCUT2D eigenvalue weighted by Crippen LogP contribution is -2.34. The quantitative estimate of drug-likeness (QED) is 0.835. The van der Waals surface area contributed by atoms with Crippen LogP contribution in [-0.4, -0.2) is 36.8 Å². The molecule has 0 bridgehead atoms. The second kappa shape index (κ2) is 4.84. The Morgan fingerprint density at radius 3 is 2.80 bits per heavy atom. The summed E-state index contributed by atoms with van der Waals surface area (Å²) in [6, 6.07) is 1.45. The molecule has 3 atom stereocenters. The molecular weight excluding hydrogens is 300 g/mol. The maximum atomic E-state index is 12.7. The smallest absolute Gasteiger partial charge is 0.246 e. The molecule has 1 aliphatic carbocycles. The summed E-state index contributed by atoms with van der Waals surface area (Å²) >= 11 is 5.83. The second-order valence-electron chi connectivity index (χ2n) is 5.52. The first kappa shape index (κ1) is 14.1. The van der Waals surface area contributed by atoms with Crippen LogP contribution in [0.4, 0.5) is 5.82 Å². The van der Waals surface area contributed by atoms with Crippen molar-refractivity contribution in [3.05, 3.63) is 17.3 Å². The molecule has 6 nitrogen and oxygen atoms in total. The third-order valence-corrected chi connectivity index (χ3v) is 6.41. The van der Waals surface area contributed by atoms with E-state index in [9.17, 15) is 8.42 Å². The van der Waals surface area contributed by atoms with Crippen molar-refractivity contribution in [1.29, 1.82) is 0 Å². The van der Waals surface area contributed by atoms with Gasteiger partial charge in [0.25, 0.3) is 0 Å². The van der Waals surface area contributed by atoms with Gasteiger partial charge in [0.15, 0.2) is 0 Å². The van der Waals surface area contributed by atoms with Crippen LogP contribution in [-0.2, 0) is 10.0 Å². The number of fused-ring (bicyclic) bond motifs is 1. The van der Waals surface area contributed by atoms with Gasteiger partial charge in [-0.25, -0.2) is 13.4 Å². The largest absolute Gasteiger partial charge is 0.383 e. The molecule has 2 aliphatic rings. The van der Waals surface area contributed by atoms with E-state index in [1.54, 1.807) is 0 Å². The van der Waals surface area contributed by atoms with E-state index in [2.05, 4.69) is 4.98 Å². The van der Waals surface area contributed by atoms with Gasteiger partial charge in [-0.05, 0) is 30.7 Å². The van der Waals surface area contributed by atoms with Crippen LogP contribution in [0, 0.1) is 11.8 Å². The molecule has 4 N–H and O–H groups in total. The minimum Gasteiger partial charge on any atom is -0.383 e. The number of hydrogen-bond acceptors (Lipinski definition) is 5. The zero-order valence-electron chi connectivity index (χ0n) is 10.9. The maximum absolute atomic E-state index is 12.7. The summed E-state index contributed by atoms with van der Waals surface area (Å²) in [5, 5.41) is 0.258. The fraction of sp³-hybridized carbons (Fsp3) is 0.583. The summed E-state index contributed by atoms with van der Waals surface area (Å²) in [5.41, 5.74) is 11.7. The first-order valence-corrected chi connectivity index (χ1v) is 8.38. The Morgan fingerprint density at radius 2 is 2.10 bits per heavy atom. The van der Waals surface area contributed by atoms with E-state index in [4.69, 9.17) is 23.1 Å². The Kier molecular flexibility index (Phi) is 3.40. The second-order valence-corrected chi connectivity index (χ2v) is 7.87. The number of aromatic nitrogens is 1. The molecule has 0 amide bonds. The topological polar surface area (TPSA) is 102 Å². The fourth-order valence-electron chi connectivity index (χ4n) is 3.24. The molecule has 20 heavy (non-hydrogen) atoms. The number of rotatable bonds is 2. The third kappa shape index (κ3) is 2.18. The monoisotopic (exact) mass is 316 g/mol. The van der Waals surface area contributed by atoms with Crippen LogP contribution >= 0.6 is 11.6 Å². The zero-order valence-corrected chi connectivity index (χ0v) is 12.4. The predicted octanol–water partition coefficient (Wildman–Crippen LogP) is 0.675. The molecule has 1 saturated carbocycles. The van der Waals surface area contributed by atoms with E-state index < -0.39 is 10.0 Å². The van der Waals surface area contributed by atoms with Gasteiger partial charge in [0.2, 0.25) is 10.0 Å². The Labute approximate surface area is 123 Å². The van der Waals surface area contributed by atoms with Crippen LogP contribution in [0.2, 0.25) is 5.02 Å². The van der Waals surface area contributed by atoms with Crippen LogP contribution in [0.25, 0.3) is 0 Å². The van der Waals surface area contributed by atoms with Gasteiger partial charge in [-0.3, -0.25) is 0 Å². The lowest BCUT2D eigenvalue weighted by atomic mass is 9.98. The van der Waals surface area contributed by atoms with E-state index in [1.165, 1.54) is 16.6 Å². The van der Waals surface area contributed by atoms with Gasteiger partial charge in [0.1, 0.15) is 10.7 Å². The lowest BCUT2D eigenvalue weighted by Gasteiger charge is -2.19. The molecule has 2 fully saturated rings. The normalized spacial score (nSPS) is 30.6. The van der Waals surface area contributed by atoms with Crippen LogP contribution in [0.3, 0.4) is 0 Å². The van der Waals surface area contributed by atoms with Crippen molar-refractivity contribution in [2.24, 2.45) is 17.6 Å². The van der Waals surface area contributed by atoms with Crippen molar-refractivity contribution in [3.8, 4) is 0 Å². The first-order chi connectivity index (χ1) is 9.39. The molecule has 2 heterocycles. The highest BCUT2D eigenvalue weighted by molar-refractivity contribution is 7.89. The van der Waals surface area contributed by atoms with Crippen molar-refractivity contribution in [1.82, 2.24) is 9.29 Å². The summed E-state index contributed by atoms with van der Waals surface area (Å²) in [6.07, 6.45) is 3.30. The predicted molar refractivity (Wildman–Crippen MR) is 76.6 cm³/mol. The summed E-state index contributed by atoms with van der Waals surface area (Å²) in [5.74, 6) is 0.585. The van der Waals surface area contributed by atoms with Crippen molar-refractivity contribution < 1.29 is 8.42 Å². The molecule has 3 rings (SSSR count). The molecule has 1 saturated heterocycles. The van der Waals surface area contributed by atoms with E-state index in [0.717, 1.165) is 12.8 Å². The highest BCUT2D eigenvalue weighted by atomic mass is 35.5. The van der Waals surface area contributed by atoms with Gasteiger partial charge in [0, 0.05) is 25.3 Å².